The van der Waals surface area contributed by atoms with Crippen LogP contribution < -0.4 is 10.1 Å². The third-order valence-electron chi connectivity index (χ3n) is 4.61. The Balaban J connectivity index is 2.24. The number of hydrogen-bond acceptors (Lipinski definition) is 4. The van der Waals surface area contributed by atoms with Crippen LogP contribution in [0.25, 0.3) is 0 Å². The van der Waals surface area contributed by atoms with Gasteiger partial charge in [-0.15, -0.1) is 0 Å². The Kier molecular flexibility index (Phi) is 7.34. The molecule has 1 unspecified atom stereocenters. The van der Waals surface area contributed by atoms with Gasteiger partial charge in [0.25, 0.3) is 0 Å². The van der Waals surface area contributed by atoms with Crippen molar-refractivity contribution in [2.75, 3.05) is 26.3 Å². The Bertz CT molecular complexity index is 491. The Labute approximate surface area is 140 Å². The van der Waals surface area contributed by atoms with Gasteiger partial charge in [-0.2, -0.15) is 0 Å². The van der Waals surface area contributed by atoms with Gasteiger partial charge in [-0.05, 0) is 49.9 Å². The third-order valence-corrected chi connectivity index (χ3v) is 4.61. The first-order valence-corrected chi connectivity index (χ1v) is 9.06. The number of aliphatic hydroxyl groups is 1. The summed E-state index contributed by atoms with van der Waals surface area (Å²) in [6.45, 7) is 11.0. The maximum absolute atomic E-state index is 8.96. The predicted molar refractivity (Wildman–Crippen MR) is 94.9 cm³/mol. The zero-order valence-corrected chi connectivity index (χ0v) is 14.9. The van der Waals surface area contributed by atoms with Crippen molar-refractivity contribution in [3.05, 3.63) is 28.8 Å². The summed E-state index contributed by atoms with van der Waals surface area (Å²) in [6.07, 6.45) is 3.53. The molecule has 1 heterocycles. The van der Waals surface area contributed by atoms with Crippen molar-refractivity contribution < 1.29 is 9.84 Å². The summed E-state index contributed by atoms with van der Waals surface area (Å²) in [5.74, 6) is 0.989. The summed E-state index contributed by atoms with van der Waals surface area (Å²) in [5, 5.41) is 12.2. The van der Waals surface area contributed by atoms with E-state index in [2.05, 4.69) is 36.2 Å². The highest BCUT2D eigenvalue weighted by molar-refractivity contribution is 5.44. The van der Waals surface area contributed by atoms with E-state index < -0.39 is 0 Å². The van der Waals surface area contributed by atoms with E-state index in [0.717, 1.165) is 25.3 Å². The number of rotatable bonds is 9. The summed E-state index contributed by atoms with van der Waals surface area (Å²) in [6, 6.07) is 5.21. The van der Waals surface area contributed by atoms with Gasteiger partial charge in [-0.1, -0.05) is 19.9 Å². The van der Waals surface area contributed by atoms with Crippen LogP contribution in [-0.2, 0) is 19.5 Å². The molecule has 1 atom stereocenters. The van der Waals surface area contributed by atoms with E-state index in [-0.39, 0.29) is 6.61 Å². The lowest BCUT2D eigenvalue weighted by Crippen LogP contribution is -2.40. The van der Waals surface area contributed by atoms with Crippen molar-refractivity contribution in [3.8, 4) is 5.75 Å². The second-order valence-electron chi connectivity index (χ2n) is 6.30. The van der Waals surface area contributed by atoms with Crippen molar-refractivity contribution in [3.63, 3.8) is 0 Å². The van der Waals surface area contributed by atoms with E-state index in [4.69, 9.17) is 9.84 Å². The number of ether oxygens (including phenoxy) is 1. The molecule has 0 amide bonds. The maximum atomic E-state index is 8.96. The van der Waals surface area contributed by atoms with E-state index in [1.165, 1.54) is 36.1 Å². The Hall–Kier alpha value is -1.10. The minimum Gasteiger partial charge on any atom is -0.494 e. The van der Waals surface area contributed by atoms with Crippen LogP contribution in [0.4, 0.5) is 0 Å². The molecule has 0 bridgehead atoms. The van der Waals surface area contributed by atoms with Gasteiger partial charge in [0.05, 0.1) is 13.2 Å². The van der Waals surface area contributed by atoms with E-state index in [1.807, 2.05) is 6.92 Å². The van der Waals surface area contributed by atoms with Crippen molar-refractivity contribution in [1.29, 1.82) is 0 Å². The fraction of sp³-hybridized carbons (Fsp3) is 0.684. The molecule has 4 nitrogen and oxygen atoms in total. The van der Waals surface area contributed by atoms with Crippen LogP contribution in [0, 0.1) is 0 Å². The van der Waals surface area contributed by atoms with Gasteiger partial charge in [0.2, 0.25) is 0 Å². The summed E-state index contributed by atoms with van der Waals surface area (Å²) in [5.41, 5.74) is 4.09. The molecule has 0 saturated carbocycles. The number of nitrogens with one attached hydrogen (secondary N) is 1. The molecule has 0 radical (unpaired) electrons. The average molecular weight is 320 g/mol. The molecule has 1 aromatic carbocycles. The summed E-state index contributed by atoms with van der Waals surface area (Å²) in [7, 11) is 0. The zero-order valence-electron chi connectivity index (χ0n) is 14.9. The molecule has 1 aliphatic heterocycles. The monoisotopic (exact) mass is 320 g/mol. The fourth-order valence-corrected chi connectivity index (χ4v) is 3.47. The molecule has 0 aromatic heterocycles. The second-order valence-corrected chi connectivity index (χ2v) is 6.30. The van der Waals surface area contributed by atoms with Crippen LogP contribution in [0.15, 0.2) is 12.1 Å². The van der Waals surface area contributed by atoms with Crippen LogP contribution >= 0.6 is 0 Å². The summed E-state index contributed by atoms with van der Waals surface area (Å²) >= 11 is 0. The predicted octanol–water partition coefficient (Wildman–Crippen LogP) is 2.71. The molecule has 4 heteroatoms. The third kappa shape index (κ3) is 4.69. The largest absolute Gasteiger partial charge is 0.494 e. The molecular weight excluding hydrogens is 288 g/mol. The lowest BCUT2D eigenvalue weighted by Gasteiger charge is -2.37. The van der Waals surface area contributed by atoms with Gasteiger partial charge in [-0.25, -0.2) is 0 Å². The average Bonchev–Trinajstić information content (AvgIpc) is 2.55. The molecule has 0 saturated heterocycles. The van der Waals surface area contributed by atoms with Gasteiger partial charge in [0.1, 0.15) is 5.75 Å². The molecule has 130 valence electrons. The zero-order chi connectivity index (χ0) is 16.7. The summed E-state index contributed by atoms with van der Waals surface area (Å²) in [4.78, 5) is 2.61. The highest BCUT2D eigenvalue weighted by Gasteiger charge is 2.25. The van der Waals surface area contributed by atoms with Gasteiger partial charge in [-0.3, -0.25) is 4.90 Å². The normalized spacial score (nSPS) is 18.0. The fourth-order valence-electron chi connectivity index (χ4n) is 3.47. The Morgan fingerprint density at radius 3 is 2.74 bits per heavy atom. The molecule has 0 fully saturated rings. The van der Waals surface area contributed by atoms with Gasteiger partial charge in [0.15, 0.2) is 0 Å². The van der Waals surface area contributed by atoms with Gasteiger partial charge >= 0.3 is 0 Å². The molecule has 0 aliphatic carbocycles. The van der Waals surface area contributed by atoms with E-state index in [9.17, 15) is 0 Å². The standard InChI is InChI=1S/C19H32N2O2/c1-4-8-21-14-17-12-19(23-6-3)16(13-20-7-9-22)10-15(17)11-18(21)5-2/h10,12,18,20,22H,4-9,11,13-14H2,1-3H3. The van der Waals surface area contributed by atoms with Crippen LogP contribution in [0.5, 0.6) is 5.75 Å². The first kappa shape index (κ1) is 18.2. The molecule has 1 aromatic rings. The number of benzene rings is 1. The molecule has 2 rings (SSSR count). The lowest BCUT2D eigenvalue weighted by molar-refractivity contribution is 0.166. The van der Waals surface area contributed by atoms with E-state index >= 15 is 0 Å². The molecule has 23 heavy (non-hydrogen) atoms. The van der Waals surface area contributed by atoms with Crippen LogP contribution in [0.1, 0.15) is 50.3 Å². The van der Waals surface area contributed by atoms with Crippen molar-refractivity contribution >= 4 is 0 Å². The van der Waals surface area contributed by atoms with Crippen molar-refractivity contribution in [1.82, 2.24) is 10.2 Å². The van der Waals surface area contributed by atoms with Gasteiger partial charge < -0.3 is 15.2 Å². The SMILES string of the molecule is CCCN1Cc2cc(OCC)c(CNCCO)cc2CC1CC. The number of nitrogens with zero attached hydrogens (tertiary/aromatic N) is 1. The quantitative estimate of drug-likeness (QED) is 0.687. The summed E-state index contributed by atoms with van der Waals surface area (Å²) < 4.78 is 5.86. The molecule has 2 N–H and O–H groups in total. The Morgan fingerprint density at radius 1 is 1.26 bits per heavy atom. The highest BCUT2D eigenvalue weighted by atomic mass is 16.5. The van der Waals surface area contributed by atoms with Gasteiger partial charge in [0, 0.05) is 31.2 Å². The second kappa shape index (κ2) is 9.26. The Morgan fingerprint density at radius 2 is 2.09 bits per heavy atom. The lowest BCUT2D eigenvalue weighted by atomic mass is 9.90. The van der Waals surface area contributed by atoms with Crippen molar-refractivity contribution in [2.45, 2.75) is 59.2 Å². The van der Waals surface area contributed by atoms with Crippen LogP contribution in [0.2, 0.25) is 0 Å². The molecule has 0 spiro atoms. The minimum atomic E-state index is 0.165. The topological polar surface area (TPSA) is 44.7 Å². The first-order chi connectivity index (χ1) is 11.2. The van der Waals surface area contributed by atoms with E-state index in [0.29, 0.717) is 19.2 Å². The number of aliphatic hydroxyl groups excluding tert-OH is 1. The molecule has 1 aliphatic rings. The van der Waals surface area contributed by atoms with Crippen molar-refractivity contribution in [2.24, 2.45) is 0 Å². The van der Waals surface area contributed by atoms with Crippen LogP contribution in [-0.4, -0.2) is 42.4 Å². The highest BCUT2D eigenvalue weighted by Crippen LogP contribution is 2.31. The van der Waals surface area contributed by atoms with E-state index in [1.54, 1.807) is 0 Å². The molecular formula is C19H32N2O2. The maximum Gasteiger partial charge on any atom is 0.124 e. The smallest absolute Gasteiger partial charge is 0.124 e. The number of fused-ring (bicyclic) bond motifs is 1. The van der Waals surface area contributed by atoms with Crippen LogP contribution in [0.3, 0.4) is 0 Å². The first-order valence-electron chi connectivity index (χ1n) is 9.06. The minimum absolute atomic E-state index is 0.165. The number of hydrogen-bond donors (Lipinski definition) is 2.